The van der Waals surface area contributed by atoms with E-state index in [1.165, 1.54) is 32.9 Å². The van der Waals surface area contributed by atoms with Crippen LogP contribution in [0.1, 0.15) is 0 Å². The van der Waals surface area contributed by atoms with E-state index in [-0.39, 0.29) is 6.10 Å². The Kier molecular flexibility index (Phi) is 5.98. The van der Waals surface area contributed by atoms with Gasteiger partial charge >= 0.3 is 0 Å². The van der Waals surface area contributed by atoms with Gasteiger partial charge in [0.2, 0.25) is 17.5 Å². The molecule has 6 aromatic carbocycles. The van der Waals surface area contributed by atoms with Crippen molar-refractivity contribution >= 4 is 38.9 Å². The van der Waals surface area contributed by atoms with E-state index in [1.807, 2.05) is 12.3 Å². The first kappa shape index (κ1) is 28.1. The Morgan fingerprint density at radius 3 is 2.10 bits per heavy atom. The smallest absolute Gasteiger partial charge is 0.254 e. The molecule has 4 heteroatoms. The SMILES string of the molecule is C1=CC2=[N+](c3ccccc3)c3cc4c(cc3OC2C=C1)-c1ncccc1-c1ccccc1-c1c-4cccc1-n1c2ccccc2c2ccccc21. The lowest BCUT2D eigenvalue weighted by Crippen LogP contribution is -2.36. The molecule has 2 aliphatic carbocycles. The largest absolute Gasteiger partial charge is 0.468 e. The van der Waals surface area contributed by atoms with Crippen molar-refractivity contribution in [2.75, 3.05) is 0 Å². The first-order valence-corrected chi connectivity index (χ1v) is 17.4. The van der Waals surface area contributed by atoms with Crippen LogP contribution in [0.5, 0.6) is 5.75 Å². The summed E-state index contributed by atoms with van der Waals surface area (Å²) in [6.45, 7) is 0. The van der Waals surface area contributed by atoms with E-state index >= 15 is 0 Å². The topological polar surface area (TPSA) is 30.1 Å². The minimum Gasteiger partial charge on any atom is -0.468 e. The van der Waals surface area contributed by atoms with Crippen LogP contribution in [0.15, 0.2) is 176 Å². The lowest BCUT2D eigenvalue weighted by atomic mass is 9.81. The van der Waals surface area contributed by atoms with Gasteiger partial charge in [-0.25, -0.2) is 0 Å². The Balaban J connectivity index is 1.29. The van der Waals surface area contributed by atoms with Gasteiger partial charge in [0.15, 0.2) is 5.75 Å². The van der Waals surface area contributed by atoms with E-state index in [0.717, 1.165) is 62.0 Å². The van der Waals surface area contributed by atoms with Gasteiger partial charge in [0.1, 0.15) is 0 Å². The molecule has 8 aromatic rings. The van der Waals surface area contributed by atoms with Gasteiger partial charge in [0, 0.05) is 57.9 Å². The summed E-state index contributed by atoms with van der Waals surface area (Å²) in [5.74, 6) is 0.830. The van der Waals surface area contributed by atoms with E-state index < -0.39 is 0 Å². The van der Waals surface area contributed by atoms with Crippen molar-refractivity contribution in [2.24, 2.45) is 0 Å². The van der Waals surface area contributed by atoms with Gasteiger partial charge in [-0.2, -0.15) is 4.58 Å². The summed E-state index contributed by atoms with van der Waals surface area (Å²) < 4.78 is 11.6. The highest BCUT2D eigenvalue weighted by atomic mass is 16.5. The van der Waals surface area contributed by atoms with Crippen molar-refractivity contribution in [3.63, 3.8) is 0 Å². The van der Waals surface area contributed by atoms with Gasteiger partial charge < -0.3 is 9.30 Å². The van der Waals surface area contributed by atoms with Crippen LogP contribution in [-0.4, -0.2) is 21.4 Å². The molecule has 0 saturated heterocycles. The summed E-state index contributed by atoms with van der Waals surface area (Å²) in [5, 5.41) is 2.48. The van der Waals surface area contributed by atoms with Crippen LogP contribution in [-0.2, 0) is 0 Å². The fourth-order valence-electron chi connectivity index (χ4n) is 8.40. The maximum Gasteiger partial charge on any atom is 0.254 e. The zero-order valence-electron chi connectivity index (χ0n) is 27.6. The third-order valence-electron chi connectivity index (χ3n) is 10.5. The number of ether oxygens (including phenoxy) is 1. The molecule has 51 heavy (non-hydrogen) atoms. The molecular weight excluding hydrogens is 623 g/mol. The van der Waals surface area contributed by atoms with E-state index in [9.17, 15) is 0 Å². The molecular formula is C47H30N3O+. The summed E-state index contributed by atoms with van der Waals surface area (Å²) in [6.07, 6.45) is 10.1. The summed E-state index contributed by atoms with van der Waals surface area (Å²) in [4.78, 5) is 5.09. The second-order valence-corrected chi connectivity index (χ2v) is 13.3. The van der Waals surface area contributed by atoms with Crippen LogP contribution < -0.4 is 9.31 Å². The fraction of sp³-hybridized carbons (Fsp3) is 0.0213. The minimum atomic E-state index is -0.201. The maximum atomic E-state index is 6.83. The molecule has 238 valence electrons. The molecule has 1 atom stereocenters. The summed E-state index contributed by atoms with van der Waals surface area (Å²) in [5.41, 5.74) is 15.6. The lowest BCUT2D eigenvalue weighted by molar-refractivity contribution is 0.303. The van der Waals surface area contributed by atoms with Crippen LogP contribution in [0, 0.1) is 0 Å². The van der Waals surface area contributed by atoms with Gasteiger partial charge in [0.25, 0.3) is 5.69 Å². The van der Waals surface area contributed by atoms with E-state index in [1.54, 1.807) is 0 Å². The van der Waals surface area contributed by atoms with Crippen LogP contribution in [0.3, 0.4) is 0 Å². The number of pyridine rings is 1. The molecule has 0 saturated carbocycles. The zero-order valence-corrected chi connectivity index (χ0v) is 27.6. The quantitative estimate of drug-likeness (QED) is 0.174. The van der Waals surface area contributed by atoms with E-state index in [2.05, 4.69) is 173 Å². The number of nitrogens with zero attached hydrogens (tertiary/aromatic N) is 3. The molecule has 0 fully saturated rings. The first-order chi connectivity index (χ1) is 25.3. The van der Waals surface area contributed by atoms with Crippen LogP contribution in [0.25, 0.3) is 72.1 Å². The van der Waals surface area contributed by atoms with Crippen molar-refractivity contribution in [1.82, 2.24) is 14.1 Å². The molecule has 4 nitrogen and oxygen atoms in total. The Bertz CT molecular complexity index is 2780. The maximum absolute atomic E-state index is 6.83. The number of aromatic nitrogens is 2. The molecule has 0 N–H and O–H groups in total. The van der Waals surface area contributed by atoms with Crippen molar-refractivity contribution in [3.05, 3.63) is 176 Å². The van der Waals surface area contributed by atoms with E-state index in [4.69, 9.17) is 9.72 Å². The average Bonchev–Trinajstić information content (AvgIpc) is 3.53. The molecule has 1 aliphatic heterocycles. The van der Waals surface area contributed by atoms with Gasteiger partial charge in [-0.3, -0.25) is 4.98 Å². The molecule has 1 unspecified atom stereocenters. The number of fused-ring (bicyclic) bond motifs is 13. The van der Waals surface area contributed by atoms with Crippen molar-refractivity contribution in [3.8, 4) is 56.1 Å². The molecule has 3 heterocycles. The number of allylic oxidation sites excluding steroid dienone is 2. The standard InChI is InChI=1S/C47H30N3O/c1-2-14-30(15-3-1)49-41-24-10-11-26-44(41)51-45-29-38-37(28-43(45)49)35-20-12-25-42(50-39-22-8-6-17-32(39)33-18-7-9-23-40(33)50)46(35)34-19-5-4-16-31(34)36-21-13-27-48-47(36)38/h1-29,44H/q+1. The minimum absolute atomic E-state index is 0.201. The third kappa shape index (κ3) is 4.08. The number of rotatable bonds is 2. The van der Waals surface area contributed by atoms with Crippen molar-refractivity contribution in [1.29, 1.82) is 0 Å². The molecule has 2 aromatic heterocycles. The molecule has 3 aliphatic rings. The Hall–Kier alpha value is -6.78. The Morgan fingerprint density at radius 1 is 0.569 bits per heavy atom. The van der Waals surface area contributed by atoms with Gasteiger partial charge in [0.05, 0.1) is 22.4 Å². The number of hydrogen-bond donors (Lipinski definition) is 0. The average molecular weight is 653 g/mol. The van der Waals surface area contributed by atoms with Gasteiger partial charge in [-0.1, -0.05) is 109 Å². The monoisotopic (exact) mass is 652 g/mol. The molecule has 0 radical (unpaired) electrons. The van der Waals surface area contributed by atoms with Gasteiger partial charge in [-0.15, -0.1) is 0 Å². The highest BCUT2D eigenvalue weighted by molar-refractivity contribution is 6.12. The van der Waals surface area contributed by atoms with Crippen molar-refractivity contribution < 1.29 is 4.74 Å². The molecule has 0 amide bonds. The predicted molar refractivity (Wildman–Crippen MR) is 209 cm³/mol. The fourth-order valence-corrected chi connectivity index (χ4v) is 8.40. The van der Waals surface area contributed by atoms with Crippen LogP contribution in [0.2, 0.25) is 0 Å². The molecule has 0 bridgehead atoms. The molecule has 0 spiro atoms. The normalized spacial score (nSPS) is 15.2. The second kappa shape index (κ2) is 10.9. The number of para-hydroxylation sites is 3. The summed E-state index contributed by atoms with van der Waals surface area (Å²) in [6, 6.07) is 52.4. The Labute approximate surface area is 295 Å². The van der Waals surface area contributed by atoms with Gasteiger partial charge in [-0.05, 0) is 58.7 Å². The third-order valence-corrected chi connectivity index (χ3v) is 10.5. The highest BCUT2D eigenvalue weighted by Crippen LogP contribution is 2.52. The van der Waals surface area contributed by atoms with Crippen LogP contribution >= 0.6 is 0 Å². The van der Waals surface area contributed by atoms with Crippen molar-refractivity contribution in [2.45, 2.75) is 6.10 Å². The summed E-state index contributed by atoms with van der Waals surface area (Å²) >= 11 is 0. The second-order valence-electron chi connectivity index (χ2n) is 13.3. The lowest BCUT2D eigenvalue weighted by Gasteiger charge is -2.28. The zero-order chi connectivity index (χ0) is 33.5. The van der Waals surface area contributed by atoms with E-state index in [0.29, 0.717) is 0 Å². The summed E-state index contributed by atoms with van der Waals surface area (Å²) in [7, 11) is 0. The first-order valence-electron chi connectivity index (χ1n) is 17.4. The number of hydrogen-bond acceptors (Lipinski definition) is 2. The molecule has 11 rings (SSSR count). The highest BCUT2D eigenvalue weighted by Gasteiger charge is 2.38. The van der Waals surface area contributed by atoms with Crippen LogP contribution in [0.4, 0.5) is 11.4 Å². The Morgan fingerprint density at radius 2 is 1.27 bits per heavy atom. The predicted octanol–water partition coefficient (Wildman–Crippen LogP) is 11.3. The number of benzene rings is 6.